The first-order chi connectivity index (χ1) is 18.0. The summed E-state index contributed by atoms with van der Waals surface area (Å²) in [6.07, 6.45) is 7.91. The van der Waals surface area contributed by atoms with E-state index in [-0.39, 0.29) is 59.3 Å². The number of hydrogen-bond donors (Lipinski definition) is 3. The minimum Gasteiger partial charge on any atom is -0.849 e. The predicted octanol–water partition coefficient (Wildman–Crippen LogP) is 5.20. The van der Waals surface area contributed by atoms with Crippen LogP contribution < -0.4 is 5.11 Å². The van der Waals surface area contributed by atoms with Crippen molar-refractivity contribution in [2.45, 2.75) is 117 Å². The zero-order valence-electron chi connectivity index (χ0n) is 22.0. The number of nitrogens with zero attached hydrogens (tertiary/aromatic N) is 2. The van der Waals surface area contributed by atoms with E-state index in [1.165, 1.54) is 25.7 Å². The summed E-state index contributed by atoms with van der Waals surface area (Å²) in [5, 5.41) is 46.9. The summed E-state index contributed by atoms with van der Waals surface area (Å²) < 4.78 is 0. The first-order valence-electron chi connectivity index (χ1n) is 13.9. The molecule has 13 atom stereocenters. The molecule has 0 aromatic heterocycles. The van der Waals surface area contributed by atoms with Gasteiger partial charge < -0.3 is 30.6 Å². The molecule has 1 heterocycles. The molecule has 0 amide bonds. The summed E-state index contributed by atoms with van der Waals surface area (Å²) in [5.41, 5.74) is 0. The van der Waals surface area contributed by atoms with Gasteiger partial charge in [-0.05, 0) is 44.1 Å². The van der Waals surface area contributed by atoms with E-state index in [1.54, 1.807) is 0 Å². The van der Waals surface area contributed by atoms with Crippen LogP contribution in [-0.4, -0.2) is 106 Å². The van der Waals surface area contributed by atoms with Gasteiger partial charge in [-0.15, -0.1) is 12.6 Å². The molecule has 4 rings (SSSR count). The Balaban J connectivity index is 0.000000346. The molecular formula is C26H42Br6FeN2O4. The predicted molar refractivity (Wildman–Crippen MR) is 175 cm³/mol. The van der Waals surface area contributed by atoms with Gasteiger partial charge in [0.25, 0.3) is 0 Å². The van der Waals surface area contributed by atoms with Gasteiger partial charge in [-0.25, -0.2) is 0 Å². The standard InChI is InChI=1S/C20H35Br2N2O2.C6H7Br4O2.Fe/c21-16-9-15(20(26)18(22)10-16)12-24(13-17-6-3-4-8-23-17)11-14-5-1-2-7-19(14)25;7-1-2(8)4(10)6(12)5(11)3(1)9;/h14-20,25-26H,1-13H2;1-6,11H;/q2*-1;+2. The van der Waals surface area contributed by atoms with E-state index in [0.717, 1.165) is 58.3 Å². The van der Waals surface area contributed by atoms with Gasteiger partial charge in [0.15, 0.2) is 0 Å². The van der Waals surface area contributed by atoms with E-state index >= 15 is 0 Å². The van der Waals surface area contributed by atoms with E-state index in [4.69, 9.17) is 5.32 Å². The molecule has 0 aromatic rings. The average molecular weight is 982 g/mol. The third-order valence-corrected chi connectivity index (χ3v) is 16.7. The first kappa shape index (κ1) is 38.3. The number of alkyl halides is 6. The number of halogens is 6. The molecule has 6 nitrogen and oxygen atoms in total. The molecule has 0 radical (unpaired) electrons. The molecule has 0 aromatic carbocycles. The smallest absolute Gasteiger partial charge is 0.849 e. The molecule has 3 N–H and O–H groups in total. The van der Waals surface area contributed by atoms with Crippen molar-refractivity contribution in [2.24, 2.45) is 11.8 Å². The van der Waals surface area contributed by atoms with Crippen molar-refractivity contribution >= 4 is 95.6 Å². The Labute approximate surface area is 295 Å². The van der Waals surface area contributed by atoms with Gasteiger partial charge in [0, 0.05) is 37.2 Å². The summed E-state index contributed by atoms with van der Waals surface area (Å²) >= 11 is 20.8. The van der Waals surface area contributed by atoms with Crippen LogP contribution >= 0.6 is 95.6 Å². The maximum Gasteiger partial charge on any atom is 2.00 e. The average Bonchev–Trinajstić information content (AvgIpc) is 2.90. The largest absolute Gasteiger partial charge is 2.00 e. The second kappa shape index (κ2) is 19.0. The van der Waals surface area contributed by atoms with Crippen LogP contribution in [0.2, 0.25) is 0 Å². The van der Waals surface area contributed by atoms with Crippen LogP contribution in [-0.2, 0) is 17.1 Å². The molecule has 4 aliphatic rings. The minimum absolute atomic E-state index is 0. The van der Waals surface area contributed by atoms with E-state index < -0.39 is 12.2 Å². The number of aliphatic hydroxyl groups is 3. The van der Waals surface area contributed by atoms with Crippen molar-refractivity contribution < 1.29 is 37.5 Å². The van der Waals surface area contributed by atoms with Crippen LogP contribution in [0.3, 0.4) is 0 Å². The molecule has 4 fully saturated rings. The summed E-state index contributed by atoms with van der Waals surface area (Å²) in [6, 6.07) is 0.435. The second-order valence-electron chi connectivity index (χ2n) is 11.5. The van der Waals surface area contributed by atoms with Crippen LogP contribution in [0.1, 0.15) is 57.8 Å². The van der Waals surface area contributed by atoms with E-state index in [9.17, 15) is 20.4 Å². The number of rotatable bonds is 6. The molecular weight excluding hydrogens is 940 g/mol. The molecule has 1 saturated heterocycles. The number of piperidine rings is 1. The van der Waals surface area contributed by atoms with Crippen LogP contribution in [0.5, 0.6) is 0 Å². The SMILES string of the molecule is OC1CCCCC1CN(CC1CCCC[N-]1)CC1CC(Br)CC(Br)C1O.[Fe+2].[O-]C1C(O)C(Br)C(Br)C(Br)C1Br. The topological polar surface area (TPSA) is 101 Å². The molecule has 3 aliphatic carbocycles. The molecule has 0 bridgehead atoms. The van der Waals surface area contributed by atoms with E-state index in [0.29, 0.717) is 16.8 Å². The molecule has 13 heteroatoms. The Morgan fingerprint density at radius 3 is 1.95 bits per heavy atom. The van der Waals surface area contributed by atoms with Gasteiger partial charge in [-0.3, -0.25) is 0 Å². The molecule has 3 saturated carbocycles. The van der Waals surface area contributed by atoms with Gasteiger partial charge in [-0.2, -0.15) is 0 Å². The quantitative estimate of drug-likeness (QED) is 0.251. The number of aliphatic hydroxyl groups excluding tert-OH is 3. The fraction of sp³-hybridized carbons (Fsp3) is 1.00. The van der Waals surface area contributed by atoms with Gasteiger partial charge in [0.2, 0.25) is 0 Å². The van der Waals surface area contributed by atoms with Crippen molar-refractivity contribution in [3.05, 3.63) is 5.32 Å². The van der Waals surface area contributed by atoms with Gasteiger partial charge in [0.1, 0.15) is 0 Å². The van der Waals surface area contributed by atoms with Crippen LogP contribution in [0.15, 0.2) is 0 Å². The van der Waals surface area contributed by atoms with E-state index in [1.807, 2.05) is 0 Å². The summed E-state index contributed by atoms with van der Waals surface area (Å²) in [5.74, 6) is 0.662. The molecule has 13 unspecified atom stereocenters. The third kappa shape index (κ3) is 11.5. The van der Waals surface area contributed by atoms with Gasteiger partial charge in [0.05, 0.1) is 23.1 Å². The first-order valence-corrected chi connectivity index (χ1v) is 19.4. The summed E-state index contributed by atoms with van der Waals surface area (Å²) in [6.45, 7) is 3.87. The van der Waals surface area contributed by atoms with Crippen LogP contribution in [0.4, 0.5) is 0 Å². The molecule has 1 aliphatic heterocycles. The molecule has 39 heavy (non-hydrogen) atoms. The van der Waals surface area contributed by atoms with Crippen LogP contribution in [0.25, 0.3) is 5.32 Å². The summed E-state index contributed by atoms with van der Waals surface area (Å²) in [4.78, 5) is 2.82. The van der Waals surface area contributed by atoms with Crippen molar-refractivity contribution in [1.29, 1.82) is 0 Å². The Hall–Kier alpha value is 3.16. The third-order valence-electron chi connectivity index (χ3n) is 8.44. The monoisotopic (exact) mass is 976 g/mol. The molecule has 230 valence electrons. The van der Waals surface area contributed by atoms with Crippen molar-refractivity contribution in [3.8, 4) is 0 Å². The normalized spacial score (nSPS) is 45.2. The summed E-state index contributed by atoms with van der Waals surface area (Å²) in [7, 11) is 0. The minimum atomic E-state index is -0.993. The Morgan fingerprint density at radius 1 is 0.692 bits per heavy atom. The number of hydrogen-bond acceptors (Lipinski definition) is 5. The Morgan fingerprint density at radius 2 is 1.31 bits per heavy atom. The Kier molecular flexibility index (Phi) is 18.6. The second-order valence-corrected chi connectivity index (χ2v) is 18.2. The fourth-order valence-corrected chi connectivity index (χ4v) is 11.7. The van der Waals surface area contributed by atoms with E-state index in [2.05, 4.69) is 100 Å². The fourth-order valence-electron chi connectivity index (χ4n) is 6.11. The van der Waals surface area contributed by atoms with Crippen molar-refractivity contribution in [3.63, 3.8) is 0 Å². The maximum atomic E-state index is 11.4. The zero-order chi connectivity index (χ0) is 28.0. The van der Waals surface area contributed by atoms with Crippen LogP contribution in [0, 0.1) is 11.8 Å². The van der Waals surface area contributed by atoms with Crippen molar-refractivity contribution in [1.82, 2.24) is 4.90 Å². The van der Waals surface area contributed by atoms with Gasteiger partial charge >= 0.3 is 17.1 Å². The molecule has 0 spiro atoms. The van der Waals surface area contributed by atoms with Crippen molar-refractivity contribution in [2.75, 3.05) is 26.2 Å². The maximum absolute atomic E-state index is 11.4. The zero-order valence-corrected chi connectivity index (χ0v) is 32.6. The van der Waals surface area contributed by atoms with Gasteiger partial charge in [-0.1, -0.05) is 134 Å². The Bertz CT molecular complexity index is 644.